The third-order valence-electron chi connectivity index (χ3n) is 3.74. The van der Waals surface area contributed by atoms with Crippen molar-refractivity contribution in [3.63, 3.8) is 0 Å². The number of aryl methyl sites for hydroxylation is 1. The summed E-state index contributed by atoms with van der Waals surface area (Å²) in [6.07, 6.45) is 0. The second-order valence-electron chi connectivity index (χ2n) is 5.55. The van der Waals surface area contributed by atoms with Gasteiger partial charge in [0, 0.05) is 19.2 Å². The van der Waals surface area contributed by atoms with E-state index >= 15 is 0 Å². The van der Waals surface area contributed by atoms with E-state index < -0.39 is 6.04 Å². The molecule has 0 heterocycles. The Kier molecular flexibility index (Phi) is 6.54. The van der Waals surface area contributed by atoms with Crippen LogP contribution in [0.25, 0.3) is 0 Å². The largest absolute Gasteiger partial charge is 0.492 e. The zero-order chi connectivity index (χ0) is 18.2. The monoisotopic (exact) mass is 341 g/mol. The zero-order valence-corrected chi connectivity index (χ0v) is 14.4. The Morgan fingerprint density at radius 1 is 1.16 bits per heavy atom. The number of carbonyl (C=O) groups excluding carboxylic acids is 2. The molecule has 0 radical (unpaired) electrons. The molecule has 25 heavy (non-hydrogen) atoms. The van der Waals surface area contributed by atoms with Crippen LogP contribution in [0.2, 0.25) is 0 Å². The lowest BCUT2D eigenvalue weighted by Crippen LogP contribution is -2.39. The van der Waals surface area contributed by atoms with Crippen LogP contribution < -0.4 is 21.1 Å². The molecule has 4 N–H and O–H groups in total. The summed E-state index contributed by atoms with van der Waals surface area (Å²) < 4.78 is 5.55. The molecule has 1 atom stereocenters. The van der Waals surface area contributed by atoms with Gasteiger partial charge in [-0.2, -0.15) is 0 Å². The summed E-state index contributed by atoms with van der Waals surface area (Å²) in [5, 5.41) is 5.35. The first kappa shape index (κ1) is 18.5. The fraction of sp³-hybridized carbons (Fsp3) is 0.263. The number of rotatable bonds is 7. The number of hydrogen-bond donors (Lipinski definition) is 3. The van der Waals surface area contributed by atoms with Gasteiger partial charge in [-0.05, 0) is 30.2 Å². The molecule has 0 aliphatic rings. The van der Waals surface area contributed by atoms with Crippen molar-refractivity contribution >= 4 is 11.8 Å². The predicted octanol–water partition coefficient (Wildman–Crippen LogP) is 1.55. The Morgan fingerprint density at radius 2 is 1.88 bits per heavy atom. The van der Waals surface area contributed by atoms with Crippen LogP contribution in [0.1, 0.15) is 27.5 Å². The molecule has 0 bridgehead atoms. The van der Waals surface area contributed by atoms with E-state index in [4.69, 9.17) is 10.5 Å². The normalized spacial score (nSPS) is 11.5. The average molecular weight is 341 g/mol. The molecular weight excluding hydrogens is 318 g/mol. The number of ether oxygens (including phenoxy) is 1. The summed E-state index contributed by atoms with van der Waals surface area (Å²) in [4.78, 5) is 24.8. The Labute approximate surface area is 147 Å². The average Bonchev–Trinajstić information content (AvgIpc) is 2.65. The van der Waals surface area contributed by atoms with Crippen molar-refractivity contribution in [3.8, 4) is 5.75 Å². The van der Waals surface area contributed by atoms with Crippen molar-refractivity contribution in [1.29, 1.82) is 0 Å². The minimum atomic E-state index is -0.770. The molecule has 2 amide bonds. The smallest absolute Gasteiger partial charge is 0.252 e. The first-order valence-corrected chi connectivity index (χ1v) is 8.07. The van der Waals surface area contributed by atoms with Gasteiger partial charge in [-0.1, -0.05) is 36.4 Å². The van der Waals surface area contributed by atoms with E-state index in [0.717, 1.165) is 5.56 Å². The maximum Gasteiger partial charge on any atom is 0.252 e. The predicted molar refractivity (Wildman–Crippen MR) is 96.4 cm³/mol. The van der Waals surface area contributed by atoms with Crippen LogP contribution in [-0.4, -0.2) is 32.0 Å². The molecule has 2 aromatic carbocycles. The molecule has 0 unspecified atom stereocenters. The first-order valence-electron chi connectivity index (χ1n) is 8.07. The number of likely N-dealkylation sites (N-methyl/N-ethyl adjacent to an activating group) is 1. The van der Waals surface area contributed by atoms with E-state index in [1.165, 1.54) is 7.05 Å². The summed E-state index contributed by atoms with van der Waals surface area (Å²) in [7, 11) is 1.54. The molecule has 6 nitrogen and oxygen atoms in total. The summed E-state index contributed by atoms with van der Waals surface area (Å²) in [5.74, 6) is -0.0318. The van der Waals surface area contributed by atoms with Crippen molar-refractivity contribution in [1.82, 2.24) is 10.6 Å². The van der Waals surface area contributed by atoms with Crippen molar-refractivity contribution in [3.05, 3.63) is 65.2 Å². The second kappa shape index (κ2) is 8.84. The van der Waals surface area contributed by atoms with Crippen LogP contribution >= 0.6 is 0 Å². The molecule has 2 aromatic rings. The lowest BCUT2D eigenvalue weighted by molar-refractivity contribution is -0.122. The van der Waals surface area contributed by atoms with E-state index in [1.54, 1.807) is 30.3 Å². The van der Waals surface area contributed by atoms with E-state index in [0.29, 0.717) is 30.0 Å². The molecule has 0 aromatic heterocycles. The Bertz CT molecular complexity index is 732. The van der Waals surface area contributed by atoms with Crippen molar-refractivity contribution in [2.75, 3.05) is 20.2 Å². The standard InChI is InChI=1S/C19H23N3O3/c1-13-8-9-15(12-16(13)25-11-10-20)18(23)22-17(19(24)21-2)14-6-4-3-5-7-14/h3-9,12,17H,10-11,20H2,1-2H3,(H,21,24)(H,22,23)/t17-/m0/s1. The molecular formula is C19H23N3O3. The number of nitrogens with one attached hydrogen (secondary N) is 2. The highest BCUT2D eigenvalue weighted by atomic mass is 16.5. The summed E-state index contributed by atoms with van der Waals surface area (Å²) in [6.45, 7) is 2.66. The molecule has 0 saturated heterocycles. The fourth-order valence-corrected chi connectivity index (χ4v) is 2.37. The summed E-state index contributed by atoms with van der Waals surface area (Å²) >= 11 is 0. The maximum absolute atomic E-state index is 12.6. The lowest BCUT2D eigenvalue weighted by atomic mass is 10.0. The highest BCUT2D eigenvalue weighted by Gasteiger charge is 2.22. The van der Waals surface area contributed by atoms with Gasteiger partial charge in [0.2, 0.25) is 5.91 Å². The molecule has 0 spiro atoms. The maximum atomic E-state index is 12.6. The molecule has 0 saturated carbocycles. The van der Waals surface area contributed by atoms with Crippen LogP contribution in [0, 0.1) is 6.92 Å². The minimum Gasteiger partial charge on any atom is -0.492 e. The Morgan fingerprint density at radius 3 is 2.52 bits per heavy atom. The quantitative estimate of drug-likeness (QED) is 0.712. The molecule has 6 heteroatoms. The van der Waals surface area contributed by atoms with Gasteiger partial charge in [0.25, 0.3) is 5.91 Å². The molecule has 0 aliphatic carbocycles. The third kappa shape index (κ3) is 4.81. The van der Waals surface area contributed by atoms with E-state index in [-0.39, 0.29) is 11.8 Å². The van der Waals surface area contributed by atoms with Crippen LogP contribution in [0.3, 0.4) is 0 Å². The van der Waals surface area contributed by atoms with Crippen LogP contribution in [0.5, 0.6) is 5.75 Å². The van der Waals surface area contributed by atoms with Gasteiger partial charge in [0.1, 0.15) is 18.4 Å². The van der Waals surface area contributed by atoms with Gasteiger partial charge < -0.3 is 21.1 Å². The van der Waals surface area contributed by atoms with Crippen molar-refractivity contribution in [2.24, 2.45) is 5.73 Å². The van der Waals surface area contributed by atoms with Gasteiger partial charge >= 0.3 is 0 Å². The number of benzene rings is 2. The summed E-state index contributed by atoms with van der Waals surface area (Å²) in [6, 6.07) is 13.5. The number of hydrogen-bond acceptors (Lipinski definition) is 4. The van der Waals surface area contributed by atoms with Crippen molar-refractivity contribution in [2.45, 2.75) is 13.0 Å². The van der Waals surface area contributed by atoms with Crippen LogP contribution in [0.4, 0.5) is 0 Å². The van der Waals surface area contributed by atoms with Crippen molar-refractivity contribution < 1.29 is 14.3 Å². The topological polar surface area (TPSA) is 93.5 Å². The Balaban J connectivity index is 2.22. The highest BCUT2D eigenvalue weighted by molar-refractivity contribution is 5.98. The number of nitrogens with two attached hydrogens (primary N) is 1. The molecule has 0 fully saturated rings. The van der Waals surface area contributed by atoms with Crippen LogP contribution in [0.15, 0.2) is 48.5 Å². The van der Waals surface area contributed by atoms with E-state index in [2.05, 4.69) is 10.6 Å². The summed E-state index contributed by atoms with van der Waals surface area (Å²) in [5.41, 5.74) is 7.50. The second-order valence-corrected chi connectivity index (χ2v) is 5.55. The number of carbonyl (C=O) groups is 2. The minimum absolute atomic E-state index is 0.286. The fourth-order valence-electron chi connectivity index (χ4n) is 2.37. The van der Waals surface area contributed by atoms with Gasteiger partial charge in [-0.15, -0.1) is 0 Å². The SMILES string of the molecule is CNC(=O)[C@@H](NC(=O)c1ccc(C)c(OCCN)c1)c1ccccc1. The molecule has 2 rings (SSSR count). The van der Waals surface area contributed by atoms with Gasteiger partial charge in [-0.3, -0.25) is 9.59 Å². The first-order chi connectivity index (χ1) is 12.1. The Hall–Kier alpha value is -2.86. The molecule has 132 valence electrons. The lowest BCUT2D eigenvalue weighted by Gasteiger charge is -2.18. The highest BCUT2D eigenvalue weighted by Crippen LogP contribution is 2.20. The molecule has 0 aliphatic heterocycles. The van der Waals surface area contributed by atoms with Gasteiger partial charge in [0.15, 0.2) is 0 Å². The van der Waals surface area contributed by atoms with Crippen LogP contribution in [-0.2, 0) is 4.79 Å². The number of amides is 2. The van der Waals surface area contributed by atoms with Gasteiger partial charge in [0.05, 0.1) is 0 Å². The van der Waals surface area contributed by atoms with Gasteiger partial charge in [-0.25, -0.2) is 0 Å². The zero-order valence-electron chi connectivity index (χ0n) is 14.4. The van der Waals surface area contributed by atoms with E-state index in [9.17, 15) is 9.59 Å². The third-order valence-corrected chi connectivity index (χ3v) is 3.74. The van der Waals surface area contributed by atoms with E-state index in [1.807, 2.05) is 25.1 Å².